The molecule has 40 heavy (non-hydrogen) atoms. The third-order valence-corrected chi connectivity index (χ3v) is 9.70. The van der Waals surface area contributed by atoms with Crippen LogP contribution in [-0.4, -0.2) is 82.0 Å². The Kier molecular flexibility index (Phi) is 8.82. The maximum absolute atomic E-state index is 13.2. The minimum Gasteiger partial charge on any atom is -0.393 e. The molecule has 2 amide bonds. The molecule has 216 valence electrons. The van der Waals surface area contributed by atoms with E-state index >= 15 is 0 Å². The van der Waals surface area contributed by atoms with Gasteiger partial charge in [-0.2, -0.15) is 0 Å². The highest BCUT2D eigenvalue weighted by molar-refractivity contribution is 6.36. The number of likely N-dealkylation sites (tertiary alicyclic amines) is 1. The van der Waals surface area contributed by atoms with Gasteiger partial charge in [0.15, 0.2) is 0 Å². The van der Waals surface area contributed by atoms with E-state index in [1.165, 1.54) is 0 Å². The van der Waals surface area contributed by atoms with Gasteiger partial charge in [-0.05, 0) is 100 Å². The van der Waals surface area contributed by atoms with Crippen LogP contribution in [0.25, 0.3) is 11.1 Å². The number of piperazine rings is 1. The average Bonchev–Trinajstić information content (AvgIpc) is 3.30. The highest BCUT2D eigenvalue weighted by Gasteiger charge is 2.37. The number of hydrogen-bond acceptors (Lipinski definition) is 4. The van der Waals surface area contributed by atoms with Crippen LogP contribution in [0, 0.1) is 5.92 Å². The standard InChI is InChI=1S/C32H41Cl2N3O3/c1-32(2,3)36-16-14-35(15-17-36)30(39)22-6-4-21(5-7-22)24-19-28(33)27(29(34)20-24)18-23-12-13-37(31(23)40)25-8-10-26(38)11-9-25/h4-7,19-20,23,25-26,38H,8-18H2,1-3H3/t23-,25-,26-/m0/s1. The van der Waals surface area contributed by atoms with Crippen molar-refractivity contribution >= 4 is 35.0 Å². The molecule has 8 heteroatoms. The summed E-state index contributed by atoms with van der Waals surface area (Å²) in [5, 5.41) is 10.9. The summed E-state index contributed by atoms with van der Waals surface area (Å²) in [4.78, 5) is 32.7. The summed E-state index contributed by atoms with van der Waals surface area (Å²) in [6.45, 7) is 10.6. The number of hydrogen-bond donors (Lipinski definition) is 1. The van der Waals surface area contributed by atoms with Crippen LogP contribution < -0.4 is 0 Å². The Morgan fingerprint density at radius 2 is 1.48 bits per heavy atom. The van der Waals surface area contributed by atoms with Crippen LogP contribution in [0.5, 0.6) is 0 Å². The van der Waals surface area contributed by atoms with E-state index in [2.05, 4.69) is 25.7 Å². The average molecular weight is 587 g/mol. The molecule has 1 aliphatic carbocycles. The minimum absolute atomic E-state index is 0.0613. The lowest BCUT2D eigenvalue weighted by Crippen LogP contribution is -2.54. The van der Waals surface area contributed by atoms with Gasteiger partial charge in [-0.15, -0.1) is 0 Å². The van der Waals surface area contributed by atoms with E-state index < -0.39 is 0 Å². The Morgan fingerprint density at radius 3 is 2.05 bits per heavy atom. The lowest BCUT2D eigenvalue weighted by molar-refractivity contribution is -0.133. The van der Waals surface area contributed by atoms with Gasteiger partial charge in [0.2, 0.25) is 5.91 Å². The molecule has 3 fully saturated rings. The molecule has 0 aromatic heterocycles. The summed E-state index contributed by atoms with van der Waals surface area (Å²) in [6.07, 6.45) is 4.37. The van der Waals surface area contributed by atoms with Gasteiger partial charge in [0.05, 0.1) is 6.10 Å². The number of amides is 2. The molecule has 2 aromatic carbocycles. The van der Waals surface area contributed by atoms with Crippen molar-refractivity contribution in [3.05, 3.63) is 57.6 Å². The highest BCUT2D eigenvalue weighted by Crippen LogP contribution is 2.37. The van der Waals surface area contributed by atoms with Gasteiger partial charge < -0.3 is 14.9 Å². The first-order valence-electron chi connectivity index (χ1n) is 14.6. The molecular weight excluding hydrogens is 545 g/mol. The van der Waals surface area contributed by atoms with Crippen molar-refractivity contribution in [2.24, 2.45) is 5.92 Å². The predicted molar refractivity (Wildman–Crippen MR) is 161 cm³/mol. The molecule has 2 heterocycles. The van der Waals surface area contributed by atoms with Gasteiger partial charge in [0.25, 0.3) is 5.91 Å². The van der Waals surface area contributed by atoms with Gasteiger partial charge in [-0.3, -0.25) is 14.5 Å². The molecule has 6 nitrogen and oxygen atoms in total. The van der Waals surface area contributed by atoms with Crippen molar-refractivity contribution in [1.82, 2.24) is 14.7 Å². The first-order chi connectivity index (χ1) is 19.0. The Labute approximate surface area is 248 Å². The topological polar surface area (TPSA) is 64.1 Å². The monoisotopic (exact) mass is 585 g/mol. The van der Waals surface area contributed by atoms with Crippen LogP contribution in [0.1, 0.15) is 68.8 Å². The number of aliphatic hydroxyl groups is 1. The van der Waals surface area contributed by atoms with Crippen LogP contribution in [-0.2, 0) is 11.2 Å². The van der Waals surface area contributed by atoms with Gasteiger partial charge in [-0.25, -0.2) is 0 Å². The third-order valence-electron chi connectivity index (χ3n) is 9.03. The highest BCUT2D eigenvalue weighted by atomic mass is 35.5. The van der Waals surface area contributed by atoms with E-state index in [1.807, 2.05) is 46.2 Å². The second kappa shape index (κ2) is 12.0. The van der Waals surface area contributed by atoms with Gasteiger partial charge in [0.1, 0.15) is 0 Å². The molecule has 1 atom stereocenters. The van der Waals surface area contributed by atoms with E-state index in [0.717, 1.165) is 81.5 Å². The summed E-state index contributed by atoms with van der Waals surface area (Å²) >= 11 is 13.5. The fourth-order valence-corrected chi connectivity index (χ4v) is 7.11. The summed E-state index contributed by atoms with van der Waals surface area (Å²) in [5.41, 5.74) is 3.43. The summed E-state index contributed by atoms with van der Waals surface area (Å²) in [7, 11) is 0. The maximum atomic E-state index is 13.2. The lowest BCUT2D eigenvalue weighted by Gasteiger charge is -2.42. The van der Waals surface area contributed by atoms with Crippen molar-refractivity contribution in [1.29, 1.82) is 0 Å². The van der Waals surface area contributed by atoms with Crippen LogP contribution in [0.4, 0.5) is 0 Å². The van der Waals surface area contributed by atoms with Gasteiger partial charge in [-0.1, -0.05) is 35.3 Å². The molecule has 0 spiro atoms. The fourth-order valence-electron chi connectivity index (χ4n) is 6.46. The lowest BCUT2D eigenvalue weighted by atomic mass is 9.92. The zero-order valence-electron chi connectivity index (χ0n) is 23.8. The molecule has 0 bridgehead atoms. The van der Waals surface area contributed by atoms with Crippen molar-refractivity contribution < 1.29 is 14.7 Å². The molecule has 1 saturated carbocycles. The van der Waals surface area contributed by atoms with E-state index in [4.69, 9.17) is 23.2 Å². The van der Waals surface area contributed by atoms with E-state index in [-0.39, 0.29) is 35.4 Å². The van der Waals surface area contributed by atoms with Crippen molar-refractivity contribution in [3.63, 3.8) is 0 Å². The van der Waals surface area contributed by atoms with E-state index in [9.17, 15) is 14.7 Å². The number of benzene rings is 2. The number of rotatable bonds is 5. The summed E-state index contributed by atoms with van der Waals surface area (Å²) in [6, 6.07) is 11.7. The Morgan fingerprint density at radius 1 is 0.875 bits per heavy atom. The second-order valence-electron chi connectivity index (χ2n) is 12.6. The van der Waals surface area contributed by atoms with E-state index in [0.29, 0.717) is 22.0 Å². The normalized spacial score (nSPS) is 24.6. The number of nitrogens with zero attached hydrogens (tertiary/aromatic N) is 3. The first kappa shape index (κ1) is 29.4. The maximum Gasteiger partial charge on any atom is 0.253 e. The molecule has 0 unspecified atom stereocenters. The summed E-state index contributed by atoms with van der Waals surface area (Å²) in [5.74, 6) is 0.118. The SMILES string of the molecule is CC(C)(C)N1CCN(C(=O)c2ccc(-c3cc(Cl)c(C[C@@H]4CCN([C@H]5CC[C@H](O)CC5)C4=O)c(Cl)c3)cc2)CC1. The zero-order valence-corrected chi connectivity index (χ0v) is 25.3. The molecule has 3 aliphatic rings. The number of carbonyl (C=O) groups excluding carboxylic acids is 2. The molecule has 2 saturated heterocycles. The van der Waals surface area contributed by atoms with Gasteiger partial charge in [0, 0.05) is 65.8 Å². The smallest absolute Gasteiger partial charge is 0.253 e. The zero-order chi connectivity index (χ0) is 28.6. The number of halogens is 2. The Hall–Kier alpha value is -2.12. The van der Waals surface area contributed by atoms with Crippen molar-refractivity contribution in [3.8, 4) is 11.1 Å². The molecular formula is C32H41Cl2N3O3. The van der Waals surface area contributed by atoms with Crippen LogP contribution in [0.2, 0.25) is 10.0 Å². The molecule has 2 aromatic rings. The minimum atomic E-state index is -0.230. The predicted octanol–water partition coefficient (Wildman–Crippen LogP) is 5.91. The van der Waals surface area contributed by atoms with Crippen molar-refractivity contribution in [2.75, 3.05) is 32.7 Å². The third kappa shape index (κ3) is 6.35. The molecule has 0 radical (unpaired) electrons. The number of aliphatic hydroxyl groups excluding tert-OH is 1. The second-order valence-corrected chi connectivity index (χ2v) is 13.4. The fraction of sp³-hybridized carbons (Fsp3) is 0.562. The van der Waals surface area contributed by atoms with E-state index in [1.54, 1.807) is 0 Å². The number of carbonyl (C=O) groups is 2. The van der Waals surface area contributed by atoms with Crippen LogP contribution in [0.15, 0.2) is 36.4 Å². The van der Waals surface area contributed by atoms with Crippen LogP contribution in [0.3, 0.4) is 0 Å². The first-order valence-corrected chi connectivity index (χ1v) is 15.4. The quantitative estimate of drug-likeness (QED) is 0.473. The van der Waals surface area contributed by atoms with Crippen molar-refractivity contribution in [2.45, 2.75) is 77.0 Å². The van der Waals surface area contributed by atoms with Gasteiger partial charge >= 0.3 is 0 Å². The molecule has 2 aliphatic heterocycles. The molecule has 1 N–H and O–H groups in total. The Bertz CT molecular complexity index is 1200. The van der Waals surface area contributed by atoms with Crippen LogP contribution >= 0.6 is 23.2 Å². The Balaban J connectivity index is 1.22. The largest absolute Gasteiger partial charge is 0.393 e. The molecule has 5 rings (SSSR count). The summed E-state index contributed by atoms with van der Waals surface area (Å²) < 4.78 is 0.